The molecule has 20 heavy (non-hydrogen) atoms. The molecule has 0 aliphatic heterocycles. The van der Waals surface area contributed by atoms with E-state index in [2.05, 4.69) is 0 Å². The monoisotopic (exact) mass is 278 g/mol. The Morgan fingerprint density at radius 1 is 1.15 bits per heavy atom. The molecule has 0 atom stereocenters. The summed E-state index contributed by atoms with van der Waals surface area (Å²) in [4.78, 5) is 12.0. The number of methoxy groups -OCH3 is 2. The predicted octanol–water partition coefficient (Wildman–Crippen LogP) is 3.33. The zero-order valence-electron chi connectivity index (χ0n) is 12.2. The maximum atomic E-state index is 12.0. The lowest BCUT2D eigenvalue weighted by molar-refractivity contribution is -0.151. The Morgan fingerprint density at radius 3 is 2.55 bits per heavy atom. The van der Waals surface area contributed by atoms with E-state index in [1.54, 1.807) is 14.2 Å². The molecule has 1 aliphatic carbocycles. The number of rotatable bonds is 5. The second-order valence-electron chi connectivity index (χ2n) is 5.12. The Morgan fingerprint density at radius 2 is 1.90 bits per heavy atom. The Bertz CT molecular complexity index is 450. The van der Waals surface area contributed by atoms with Crippen LogP contribution in [0.15, 0.2) is 18.2 Å². The molecule has 4 heteroatoms. The Hall–Kier alpha value is -1.71. The van der Waals surface area contributed by atoms with Gasteiger partial charge in [-0.05, 0) is 31.0 Å². The van der Waals surface area contributed by atoms with Crippen LogP contribution in [0.4, 0.5) is 0 Å². The van der Waals surface area contributed by atoms with E-state index in [1.807, 2.05) is 18.2 Å². The highest BCUT2D eigenvalue weighted by atomic mass is 16.5. The molecule has 0 amide bonds. The van der Waals surface area contributed by atoms with Crippen molar-refractivity contribution in [3.05, 3.63) is 23.8 Å². The van der Waals surface area contributed by atoms with Crippen LogP contribution in [0, 0.1) is 5.92 Å². The van der Waals surface area contributed by atoms with Gasteiger partial charge in [0.2, 0.25) is 0 Å². The van der Waals surface area contributed by atoms with Gasteiger partial charge in [-0.1, -0.05) is 19.3 Å². The normalized spacial score (nSPS) is 15.7. The second kappa shape index (κ2) is 7.17. The van der Waals surface area contributed by atoms with Crippen LogP contribution >= 0.6 is 0 Å². The van der Waals surface area contributed by atoms with Crippen molar-refractivity contribution in [2.75, 3.05) is 14.2 Å². The van der Waals surface area contributed by atoms with Gasteiger partial charge in [0.05, 0.1) is 20.1 Å². The number of esters is 1. The third-order valence-corrected chi connectivity index (χ3v) is 3.80. The summed E-state index contributed by atoms with van der Waals surface area (Å²) in [5.74, 6) is 1.42. The van der Waals surface area contributed by atoms with Crippen molar-refractivity contribution >= 4 is 5.97 Å². The molecule has 1 fully saturated rings. The van der Waals surface area contributed by atoms with Crippen LogP contribution in [0.1, 0.15) is 37.7 Å². The summed E-state index contributed by atoms with van der Waals surface area (Å²) >= 11 is 0. The van der Waals surface area contributed by atoms with Crippen molar-refractivity contribution in [2.45, 2.75) is 38.7 Å². The first-order valence-electron chi connectivity index (χ1n) is 7.12. The standard InChI is InChI=1S/C16H22O4/c1-18-14-8-9-15(19-2)13(10-14)11-20-16(17)12-6-4-3-5-7-12/h8-10,12H,3-7,11H2,1-2H3. The first kappa shape index (κ1) is 14.7. The van der Waals surface area contributed by atoms with Crippen LogP contribution < -0.4 is 9.47 Å². The van der Waals surface area contributed by atoms with Crippen LogP contribution in [0.25, 0.3) is 0 Å². The molecule has 1 aromatic rings. The number of ether oxygens (including phenoxy) is 3. The van der Waals surface area contributed by atoms with Gasteiger partial charge in [0.1, 0.15) is 18.1 Å². The molecular weight excluding hydrogens is 256 g/mol. The van der Waals surface area contributed by atoms with Gasteiger partial charge in [0.15, 0.2) is 0 Å². The van der Waals surface area contributed by atoms with Crippen LogP contribution in [0.5, 0.6) is 11.5 Å². The van der Waals surface area contributed by atoms with E-state index in [9.17, 15) is 4.79 Å². The lowest BCUT2D eigenvalue weighted by Crippen LogP contribution is -2.20. The van der Waals surface area contributed by atoms with Crippen molar-refractivity contribution in [3.8, 4) is 11.5 Å². The van der Waals surface area contributed by atoms with Crippen LogP contribution in [-0.4, -0.2) is 20.2 Å². The summed E-state index contributed by atoms with van der Waals surface area (Å²) in [5, 5.41) is 0. The minimum atomic E-state index is -0.0884. The number of hydrogen-bond donors (Lipinski definition) is 0. The SMILES string of the molecule is COc1ccc(OC)c(COC(=O)C2CCCCC2)c1. The Balaban J connectivity index is 1.96. The van der Waals surface area contributed by atoms with E-state index in [4.69, 9.17) is 14.2 Å². The van der Waals surface area contributed by atoms with Gasteiger partial charge >= 0.3 is 5.97 Å². The maximum absolute atomic E-state index is 12.0. The van der Waals surface area contributed by atoms with E-state index in [1.165, 1.54) is 6.42 Å². The van der Waals surface area contributed by atoms with Crippen molar-refractivity contribution in [3.63, 3.8) is 0 Å². The lowest BCUT2D eigenvalue weighted by atomic mass is 9.89. The molecule has 1 aromatic carbocycles. The molecule has 110 valence electrons. The van der Waals surface area contributed by atoms with Gasteiger partial charge in [-0.3, -0.25) is 4.79 Å². The molecule has 0 bridgehead atoms. The zero-order valence-corrected chi connectivity index (χ0v) is 12.2. The maximum Gasteiger partial charge on any atom is 0.309 e. The van der Waals surface area contributed by atoms with E-state index in [0.717, 1.165) is 37.0 Å². The zero-order chi connectivity index (χ0) is 14.4. The summed E-state index contributed by atoms with van der Waals surface area (Å²) in [6.45, 7) is 0.232. The first-order chi connectivity index (χ1) is 9.74. The number of carbonyl (C=O) groups excluding carboxylic acids is 1. The quantitative estimate of drug-likeness (QED) is 0.775. The molecule has 0 heterocycles. The topological polar surface area (TPSA) is 44.8 Å². The van der Waals surface area contributed by atoms with E-state index in [0.29, 0.717) is 5.75 Å². The molecule has 1 aliphatic rings. The minimum absolute atomic E-state index is 0.0698. The van der Waals surface area contributed by atoms with Gasteiger partial charge in [0, 0.05) is 5.56 Å². The molecule has 2 rings (SSSR count). The average Bonchev–Trinajstić information content (AvgIpc) is 2.53. The smallest absolute Gasteiger partial charge is 0.309 e. The minimum Gasteiger partial charge on any atom is -0.497 e. The van der Waals surface area contributed by atoms with Crippen molar-refractivity contribution in [1.82, 2.24) is 0 Å². The highest BCUT2D eigenvalue weighted by Gasteiger charge is 2.22. The molecular formula is C16H22O4. The highest BCUT2D eigenvalue weighted by Crippen LogP contribution is 2.27. The van der Waals surface area contributed by atoms with Crippen LogP contribution in [0.2, 0.25) is 0 Å². The van der Waals surface area contributed by atoms with Gasteiger partial charge < -0.3 is 14.2 Å². The van der Waals surface area contributed by atoms with Gasteiger partial charge in [-0.25, -0.2) is 0 Å². The number of carbonyl (C=O) groups is 1. The van der Waals surface area contributed by atoms with E-state index >= 15 is 0 Å². The Labute approximate surface area is 120 Å². The van der Waals surface area contributed by atoms with E-state index < -0.39 is 0 Å². The van der Waals surface area contributed by atoms with Crippen molar-refractivity contribution < 1.29 is 19.0 Å². The molecule has 0 unspecified atom stereocenters. The first-order valence-corrected chi connectivity index (χ1v) is 7.12. The third kappa shape index (κ3) is 3.65. The summed E-state index contributed by atoms with van der Waals surface area (Å²) in [7, 11) is 3.22. The largest absolute Gasteiger partial charge is 0.497 e. The Kier molecular flexibility index (Phi) is 5.27. The second-order valence-corrected chi connectivity index (χ2v) is 5.12. The van der Waals surface area contributed by atoms with Gasteiger partial charge in [-0.15, -0.1) is 0 Å². The van der Waals surface area contributed by atoms with Gasteiger partial charge in [-0.2, -0.15) is 0 Å². The molecule has 0 radical (unpaired) electrons. The third-order valence-electron chi connectivity index (χ3n) is 3.80. The summed E-state index contributed by atoms with van der Waals surface area (Å²) in [6, 6.07) is 5.49. The average molecular weight is 278 g/mol. The summed E-state index contributed by atoms with van der Waals surface area (Å²) in [5.41, 5.74) is 0.830. The van der Waals surface area contributed by atoms with Crippen LogP contribution in [0.3, 0.4) is 0 Å². The fourth-order valence-corrected chi connectivity index (χ4v) is 2.60. The summed E-state index contributed by atoms with van der Waals surface area (Å²) < 4.78 is 15.9. The fraction of sp³-hybridized carbons (Fsp3) is 0.562. The summed E-state index contributed by atoms with van der Waals surface area (Å²) in [6.07, 6.45) is 5.39. The molecule has 4 nitrogen and oxygen atoms in total. The predicted molar refractivity (Wildman–Crippen MR) is 75.9 cm³/mol. The van der Waals surface area contributed by atoms with Crippen molar-refractivity contribution in [1.29, 1.82) is 0 Å². The van der Waals surface area contributed by atoms with Crippen LogP contribution in [-0.2, 0) is 16.1 Å². The van der Waals surface area contributed by atoms with Gasteiger partial charge in [0.25, 0.3) is 0 Å². The molecule has 1 saturated carbocycles. The molecule has 0 aromatic heterocycles. The highest BCUT2D eigenvalue weighted by molar-refractivity contribution is 5.72. The fourth-order valence-electron chi connectivity index (χ4n) is 2.60. The lowest BCUT2D eigenvalue weighted by Gasteiger charge is -2.20. The number of hydrogen-bond acceptors (Lipinski definition) is 4. The molecule has 0 N–H and O–H groups in total. The van der Waals surface area contributed by atoms with E-state index in [-0.39, 0.29) is 18.5 Å². The molecule has 0 spiro atoms. The number of benzene rings is 1. The van der Waals surface area contributed by atoms with Crippen molar-refractivity contribution in [2.24, 2.45) is 5.92 Å². The molecule has 0 saturated heterocycles.